The summed E-state index contributed by atoms with van der Waals surface area (Å²) in [6, 6.07) is 11.1. The predicted molar refractivity (Wildman–Crippen MR) is 101 cm³/mol. The third-order valence-corrected chi connectivity index (χ3v) is 5.04. The number of rotatable bonds is 6. The summed E-state index contributed by atoms with van der Waals surface area (Å²) in [5, 5.41) is 2.97. The van der Waals surface area contributed by atoms with E-state index in [0.717, 1.165) is 32.2 Å². The van der Waals surface area contributed by atoms with Crippen molar-refractivity contribution in [2.45, 2.75) is 37.8 Å². The van der Waals surface area contributed by atoms with Gasteiger partial charge < -0.3 is 15.0 Å². The lowest BCUT2D eigenvalue weighted by molar-refractivity contribution is 0.0691. The van der Waals surface area contributed by atoms with Gasteiger partial charge >= 0.3 is 0 Å². The highest BCUT2D eigenvalue weighted by Crippen LogP contribution is 2.22. The van der Waals surface area contributed by atoms with Crippen LogP contribution in [0.25, 0.3) is 0 Å². The molecule has 2 aliphatic rings. The van der Waals surface area contributed by atoms with Crippen LogP contribution in [0.2, 0.25) is 0 Å². The Kier molecular flexibility index (Phi) is 5.05. The monoisotopic (exact) mass is 365 g/mol. The first-order chi connectivity index (χ1) is 13.2. The fourth-order valence-corrected chi connectivity index (χ4v) is 3.33. The summed E-state index contributed by atoms with van der Waals surface area (Å²) >= 11 is 0. The molecule has 2 amide bonds. The van der Waals surface area contributed by atoms with Gasteiger partial charge in [-0.3, -0.25) is 14.6 Å². The number of hydrogen-bond acceptors (Lipinski definition) is 4. The van der Waals surface area contributed by atoms with Crippen molar-refractivity contribution in [3.63, 3.8) is 0 Å². The summed E-state index contributed by atoms with van der Waals surface area (Å²) < 4.78 is 5.90. The predicted octanol–water partition coefficient (Wildman–Crippen LogP) is 2.66. The smallest absolute Gasteiger partial charge is 0.254 e. The number of nitrogens with one attached hydrogen (secondary N) is 1. The van der Waals surface area contributed by atoms with Gasteiger partial charge in [0.15, 0.2) is 0 Å². The normalized spacial score (nSPS) is 19.0. The van der Waals surface area contributed by atoms with Gasteiger partial charge in [0, 0.05) is 36.1 Å². The van der Waals surface area contributed by atoms with Crippen molar-refractivity contribution >= 4 is 11.8 Å². The maximum Gasteiger partial charge on any atom is 0.254 e. The van der Waals surface area contributed by atoms with Gasteiger partial charge in [-0.15, -0.1) is 0 Å². The number of benzene rings is 1. The molecular weight excluding hydrogens is 342 g/mol. The van der Waals surface area contributed by atoms with Gasteiger partial charge in [0.25, 0.3) is 11.8 Å². The molecule has 2 aromatic rings. The number of amides is 2. The zero-order valence-electron chi connectivity index (χ0n) is 15.1. The average Bonchev–Trinajstić information content (AvgIpc) is 3.40. The molecule has 2 heterocycles. The highest BCUT2D eigenvalue weighted by Gasteiger charge is 2.30. The van der Waals surface area contributed by atoms with Crippen LogP contribution in [-0.4, -0.2) is 46.9 Å². The van der Waals surface area contributed by atoms with Crippen molar-refractivity contribution in [2.24, 2.45) is 0 Å². The molecule has 1 saturated heterocycles. The Hall–Kier alpha value is -2.89. The first-order valence-corrected chi connectivity index (χ1v) is 9.45. The van der Waals surface area contributed by atoms with Crippen molar-refractivity contribution in [1.82, 2.24) is 15.2 Å². The summed E-state index contributed by atoms with van der Waals surface area (Å²) in [7, 11) is 0. The number of carbonyl (C=O) groups is 2. The van der Waals surface area contributed by atoms with Crippen LogP contribution >= 0.6 is 0 Å². The van der Waals surface area contributed by atoms with Crippen LogP contribution < -0.4 is 10.1 Å². The number of nitrogens with zero attached hydrogens (tertiary/aromatic N) is 2. The van der Waals surface area contributed by atoms with Gasteiger partial charge in [0.1, 0.15) is 12.4 Å². The van der Waals surface area contributed by atoms with E-state index in [-0.39, 0.29) is 17.9 Å². The molecule has 1 aromatic heterocycles. The fourth-order valence-electron chi connectivity index (χ4n) is 3.33. The molecule has 1 unspecified atom stereocenters. The molecule has 1 atom stereocenters. The lowest BCUT2D eigenvalue weighted by atomic mass is 10.2. The zero-order valence-corrected chi connectivity index (χ0v) is 15.1. The number of ether oxygens (including phenoxy) is 1. The van der Waals surface area contributed by atoms with Crippen molar-refractivity contribution in [2.75, 3.05) is 13.2 Å². The van der Waals surface area contributed by atoms with Gasteiger partial charge in [-0.25, -0.2) is 0 Å². The minimum absolute atomic E-state index is 0.0237. The first kappa shape index (κ1) is 17.5. The van der Waals surface area contributed by atoms with E-state index < -0.39 is 0 Å². The van der Waals surface area contributed by atoms with Crippen LogP contribution in [0.5, 0.6) is 5.75 Å². The molecule has 0 bridgehead atoms. The van der Waals surface area contributed by atoms with Crippen LogP contribution in [0.4, 0.5) is 0 Å². The van der Waals surface area contributed by atoms with Crippen molar-refractivity contribution in [3.05, 3.63) is 59.9 Å². The quantitative estimate of drug-likeness (QED) is 0.854. The molecule has 1 saturated carbocycles. The molecule has 1 aliphatic carbocycles. The Morgan fingerprint density at radius 1 is 1.04 bits per heavy atom. The van der Waals surface area contributed by atoms with E-state index >= 15 is 0 Å². The van der Waals surface area contributed by atoms with E-state index in [1.165, 1.54) is 0 Å². The van der Waals surface area contributed by atoms with E-state index in [0.29, 0.717) is 29.5 Å². The number of aromatic nitrogens is 1. The molecule has 6 heteroatoms. The van der Waals surface area contributed by atoms with E-state index in [9.17, 15) is 9.59 Å². The molecule has 140 valence electrons. The highest BCUT2D eigenvalue weighted by molar-refractivity contribution is 5.95. The van der Waals surface area contributed by atoms with Gasteiger partial charge in [-0.1, -0.05) is 0 Å². The summed E-state index contributed by atoms with van der Waals surface area (Å²) in [4.78, 5) is 30.6. The molecule has 0 radical (unpaired) electrons. The lowest BCUT2D eigenvalue weighted by Crippen LogP contribution is -2.39. The molecule has 2 fully saturated rings. The van der Waals surface area contributed by atoms with E-state index in [4.69, 9.17) is 4.74 Å². The molecule has 6 nitrogen and oxygen atoms in total. The lowest BCUT2D eigenvalue weighted by Gasteiger charge is -2.25. The maximum atomic E-state index is 12.7. The minimum atomic E-state index is -0.0334. The van der Waals surface area contributed by atoms with Gasteiger partial charge in [-0.05, 0) is 62.1 Å². The molecule has 4 rings (SSSR count). The number of hydrogen-bond donors (Lipinski definition) is 1. The second-order valence-electron chi connectivity index (χ2n) is 7.11. The van der Waals surface area contributed by atoms with E-state index in [2.05, 4.69) is 10.3 Å². The largest absolute Gasteiger partial charge is 0.491 e. The van der Waals surface area contributed by atoms with Crippen LogP contribution in [0.3, 0.4) is 0 Å². The third-order valence-electron chi connectivity index (χ3n) is 5.04. The topological polar surface area (TPSA) is 71.5 Å². The maximum absolute atomic E-state index is 12.7. The van der Waals surface area contributed by atoms with E-state index in [1.54, 1.807) is 36.7 Å². The summed E-state index contributed by atoms with van der Waals surface area (Å²) in [5.41, 5.74) is 1.30. The standard InChI is InChI=1S/C21H23N3O3/c25-20(23-17-5-6-17)15-3-7-19(8-4-15)27-14-18-2-1-13-24(18)21(26)16-9-11-22-12-10-16/h3-4,7-12,17-18H,1-2,5-6,13-14H2,(H,23,25). The van der Waals surface area contributed by atoms with Gasteiger partial charge in [0.2, 0.25) is 0 Å². The number of likely N-dealkylation sites (tertiary alicyclic amines) is 1. The molecule has 0 spiro atoms. The van der Waals surface area contributed by atoms with Crippen molar-refractivity contribution < 1.29 is 14.3 Å². The summed E-state index contributed by atoms with van der Waals surface area (Å²) in [6.07, 6.45) is 7.32. The fraction of sp³-hybridized carbons (Fsp3) is 0.381. The summed E-state index contributed by atoms with van der Waals surface area (Å²) in [6.45, 7) is 1.19. The molecule has 1 aliphatic heterocycles. The second-order valence-corrected chi connectivity index (χ2v) is 7.11. The van der Waals surface area contributed by atoms with Crippen molar-refractivity contribution in [3.8, 4) is 5.75 Å². The van der Waals surface area contributed by atoms with Gasteiger partial charge in [-0.2, -0.15) is 0 Å². The number of carbonyl (C=O) groups excluding carboxylic acids is 2. The Morgan fingerprint density at radius 3 is 2.48 bits per heavy atom. The molecular formula is C21H23N3O3. The average molecular weight is 365 g/mol. The Balaban J connectivity index is 1.33. The Bertz CT molecular complexity index is 803. The van der Waals surface area contributed by atoms with Crippen molar-refractivity contribution in [1.29, 1.82) is 0 Å². The molecule has 1 aromatic carbocycles. The first-order valence-electron chi connectivity index (χ1n) is 9.45. The van der Waals surface area contributed by atoms with E-state index in [1.807, 2.05) is 17.0 Å². The molecule has 27 heavy (non-hydrogen) atoms. The second kappa shape index (κ2) is 7.78. The van der Waals surface area contributed by atoms with Crippen LogP contribution in [-0.2, 0) is 0 Å². The minimum Gasteiger partial charge on any atom is -0.491 e. The Labute approximate surface area is 158 Å². The zero-order chi connectivity index (χ0) is 18.6. The number of pyridine rings is 1. The van der Waals surface area contributed by atoms with Crippen LogP contribution in [0.1, 0.15) is 46.4 Å². The van der Waals surface area contributed by atoms with Crippen LogP contribution in [0.15, 0.2) is 48.8 Å². The third kappa shape index (κ3) is 4.27. The molecule has 1 N–H and O–H groups in total. The highest BCUT2D eigenvalue weighted by atomic mass is 16.5. The summed E-state index contributed by atoms with van der Waals surface area (Å²) in [5.74, 6) is 0.700. The van der Waals surface area contributed by atoms with Gasteiger partial charge in [0.05, 0.1) is 6.04 Å². The van der Waals surface area contributed by atoms with Crippen LogP contribution in [0, 0.1) is 0 Å². The Morgan fingerprint density at radius 2 is 1.78 bits per heavy atom. The SMILES string of the molecule is O=C(NC1CC1)c1ccc(OCC2CCCN2C(=O)c2ccncc2)cc1.